The fourth-order valence-electron chi connectivity index (χ4n) is 2.68. The van der Waals surface area contributed by atoms with Crippen LogP contribution in [0, 0.1) is 6.92 Å². The summed E-state index contributed by atoms with van der Waals surface area (Å²) in [5, 5.41) is 4.07. The van der Waals surface area contributed by atoms with E-state index < -0.39 is 5.91 Å². The molecule has 2 unspecified atom stereocenters. The van der Waals surface area contributed by atoms with Crippen LogP contribution in [0.25, 0.3) is 10.9 Å². The van der Waals surface area contributed by atoms with E-state index in [0.29, 0.717) is 17.9 Å². The number of fused-ring (bicyclic) bond motifs is 1. The molecule has 2 aromatic rings. The Morgan fingerprint density at radius 3 is 2.73 bits per heavy atom. The first-order chi connectivity index (χ1) is 12.3. The summed E-state index contributed by atoms with van der Waals surface area (Å²) in [5.41, 5.74) is 13.9. The van der Waals surface area contributed by atoms with Crippen LogP contribution in [-0.4, -0.2) is 42.5 Å². The van der Waals surface area contributed by atoms with Gasteiger partial charge in [-0.1, -0.05) is 18.6 Å². The molecule has 1 amide bonds. The van der Waals surface area contributed by atoms with Crippen LogP contribution < -0.4 is 16.8 Å². The number of hydrogen-bond donors (Lipinski definition) is 3. The third kappa shape index (κ3) is 4.77. The van der Waals surface area contributed by atoms with E-state index in [-0.39, 0.29) is 18.0 Å². The summed E-state index contributed by atoms with van der Waals surface area (Å²) in [6.07, 6.45) is 0.589. The van der Waals surface area contributed by atoms with Crippen molar-refractivity contribution in [2.24, 2.45) is 16.5 Å². The van der Waals surface area contributed by atoms with Crippen LogP contribution in [0.3, 0.4) is 0 Å². The number of anilines is 1. The van der Waals surface area contributed by atoms with Crippen LogP contribution in [0.5, 0.6) is 0 Å². The van der Waals surface area contributed by atoms with Gasteiger partial charge in [0.2, 0.25) is 0 Å². The number of nitrogens with one attached hydrogen (secondary N) is 1. The number of aromatic nitrogens is 1. The van der Waals surface area contributed by atoms with E-state index in [0.717, 1.165) is 22.9 Å². The maximum atomic E-state index is 12.5. The van der Waals surface area contributed by atoms with Gasteiger partial charge in [0.15, 0.2) is 0 Å². The average molecular weight is 357 g/mol. The van der Waals surface area contributed by atoms with Crippen molar-refractivity contribution in [2.75, 3.05) is 19.0 Å². The molecule has 0 fully saturated rings. The zero-order valence-electron chi connectivity index (χ0n) is 15.7. The molecule has 0 radical (unpaired) electrons. The van der Waals surface area contributed by atoms with E-state index in [1.807, 2.05) is 32.0 Å². The molecule has 0 saturated heterocycles. The Morgan fingerprint density at radius 2 is 2.12 bits per heavy atom. The number of hydrogen-bond acceptors (Lipinski definition) is 5. The van der Waals surface area contributed by atoms with Crippen molar-refractivity contribution in [3.8, 4) is 0 Å². The number of methoxy groups -OCH3 is 1. The molecule has 0 spiro atoms. The lowest BCUT2D eigenvalue weighted by molar-refractivity contribution is 0.0892. The summed E-state index contributed by atoms with van der Waals surface area (Å²) in [4.78, 5) is 21.0. The molecule has 5 N–H and O–H groups in total. The number of aliphatic imine (C=N–C) groups is 1. The zero-order valence-corrected chi connectivity index (χ0v) is 15.7. The van der Waals surface area contributed by atoms with Crippen molar-refractivity contribution in [2.45, 2.75) is 39.3 Å². The SMILES string of the molecule is CCC(N)C(CNc1nc2ccc(C)cc2cc1C(=O)N=C(C)N)OC. The Bertz CT molecular complexity index is 815. The van der Waals surface area contributed by atoms with E-state index in [1.54, 1.807) is 20.1 Å². The van der Waals surface area contributed by atoms with Crippen LogP contribution >= 0.6 is 0 Å². The minimum Gasteiger partial charge on any atom is -0.387 e. The number of ether oxygens (including phenoxy) is 1. The lowest BCUT2D eigenvalue weighted by atomic mass is 10.1. The monoisotopic (exact) mass is 357 g/mol. The molecule has 26 heavy (non-hydrogen) atoms. The Balaban J connectivity index is 2.43. The minimum atomic E-state index is -0.433. The normalized spacial score (nSPS) is 14.3. The van der Waals surface area contributed by atoms with Crippen molar-refractivity contribution in [1.82, 2.24) is 4.98 Å². The first-order valence-electron chi connectivity index (χ1n) is 8.64. The number of amides is 1. The van der Waals surface area contributed by atoms with Gasteiger partial charge >= 0.3 is 0 Å². The zero-order chi connectivity index (χ0) is 19.3. The van der Waals surface area contributed by atoms with Gasteiger partial charge in [-0.25, -0.2) is 4.98 Å². The molecule has 2 atom stereocenters. The predicted octanol–water partition coefficient (Wildman–Crippen LogP) is 2.22. The highest BCUT2D eigenvalue weighted by molar-refractivity contribution is 6.07. The molecule has 0 aliphatic rings. The van der Waals surface area contributed by atoms with E-state index >= 15 is 0 Å². The van der Waals surface area contributed by atoms with Crippen LogP contribution in [0.15, 0.2) is 29.3 Å². The fraction of sp³-hybridized carbons (Fsp3) is 0.421. The van der Waals surface area contributed by atoms with Crippen LogP contribution in [0.1, 0.15) is 36.2 Å². The number of rotatable bonds is 7. The number of nitrogens with two attached hydrogens (primary N) is 2. The highest BCUT2D eigenvalue weighted by Crippen LogP contribution is 2.23. The third-order valence-corrected chi connectivity index (χ3v) is 4.20. The van der Waals surface area contributed by atoms with E-state index in [4.69, 9.17) is 16.2 Å². The lowest BCUT2D eigenvalue weighted by Gasteiger charge is -2.22. The van der Waals surface area contributed by atoms with Gasteiger partial charge in [0.05, 0.1) is 17.2 Å². The van der Waals surface area contributed by atoms with Crippen LogP contribution in [-0.2, 0) is 4.74 Å². The molecule has 140 valence electrons. The molecule has 0 aliphatic heterocycles. The summed E-state index contributed by atoms with van der Waals surface area (Å²) in [6.45, 7) is 6.00. The van der Waals surface area contributed by atoms with Gasteiger partial charge in [-0.15, -0.1) is 0 Å². The quantitative estimate of drug-likeness (QED) is 0.517. The Kier molecular flexibility index (Phi) is 6.65. The highest BCUT2D eigenvalue weighted by Gasteiger charge is 2.19. The lowest BCUT2D eigenvalue weighted by Crippen LogP contribution is -2.40. The Labute approximate surface area is 153 Å². The van der Waals surface area contributed by atoms with Crippen molar-refractivity contribution in [1.29, 1.82) is 0 Å². The van der Waals surface area contributed by atoms with Crippen molar-refractivity contribution in [3.05, 3.63) is 35.4 Å². The molecular weight excluding hydrogens is 330 g/mol. The molecule has 1 aromatic carbocycles. The maximum absolute atomic E-state index is 12.5. The van der Waals surface area contributed by atoms with Gasteiger partial charge in [-0.3, -0.25) is 4.79 Å². The molecule has 7 nitrogen and oxygen atoms in total. The highest BCUT2D eigenvalue weighted by atomic mass is 16.5. The largest absolute Gasteiger partial charge is 0.387 e. The number of nitrogens with zero attached hydrogens (tertiary/aromatic N) is 2. The molecule has 1 heterocycles. The number of amidine groups is 1. The second kappa shape index (κ2) is 8.73. The fourth-order valence-corrected chi connectivity index (χ4v) is 2.68. The summed E-state index contributed by atoms with van der Waals surface area (Å²) in [5.74, 6) is 0.215. The Hall–Kier alpha value is -2.51. The average Bonchev–Trinajstić information content (AvgIpc) is 2.60. The smallest absolute Gasteiger partial charge is 0.282 e. The summed E-state index contributed by atoms with van der Waals surface area (Å²) >= 11 is 0. The molecule has 1 aromatic heterocycles. The second-order valence-corrected chi connectivity index (χ2v) is 6.37. The predicted molar refractivity (Wildman–Crippen MR) is 106 cm³/mol. The molecule has 0 bridgehead atoms. The maximum Gasteiger partial charge on any atom is 0.282 e. The van der Waals surface area contributed by atoms with E-state index in [9.17, 15) is 4.79 Å². The number of pyridine rings is 1. The molecule has 2 rings (SSSR count). The Morgan fingerprint density at radius 1 is 1.38 bits per heavy atom. The van der Waals surface area contributed by atoms with Crippen LogP contribution in [0.2, 0.25) is 0 Å². The first-order valence-corrected chi connectivity index (χ1v) is 8.64. The third-order valence-electron chi connectivity index (χ3n) is 4.20. The molecule has 0 aliphatic carbocycles. The van der Waals surface area contributed by atoms with Gasteiger partial charge in [0.1, 0.15) is 11.7 Å². The summed E-state index contributed by atoms with van der Waals surface area (Å²) < 4.78 is 5.45. The summed E-state index contributed by atoms with van der Waals surface area (Å²) in [6, 6.07) is 7.56. The van der Waals surface area contributed by atoms with Gasteiger partial charge in [0.25, 0.3) is 5.91 Å². The van der Waals surface area contributed by atoms with E-state index in [1.165, 1.54) is 0 Å². The number of carbonyl (C=O) groups excluding carboxylic acids is 1. The molecule has 0 saturated carbocycles. The number of carbonyl (C=O) groups is 1. The van der Waals surface area contributed by atoms with Crippen molar-refractivity contribution >= 4 is 28.5 Å². The minimum absolute atomic E-state index is 0.112. The van der Waals surface area contributed by atoms with Gasteiger partial charge in [-0.05, 0) is 38.5 Å². The van der Waals surface area contributed by atoms with Crippen molar-refractivity contribution < 1.29 is 9.53 Å². The number of benzene rings is 1. The standard InChI is InChI=1S/C19H27N5O2/c1-5-15(21)17(26-4)10-22-18-14(19(25)23-12(3)20)9-13-8-11(2)6-7-16(13)24-18/h6-9,15,17H,5,10,21H2,1-4H3,(H,22,24)(H2,20,23,25). The second-order valence-electron chi connectivity index (χ2n) is 6.37. The van der Waals surface area contributed by atoms with Gasteiger partial charge in [0, 0.05) is 25.1 Å². The number of aryl methyl sites for hydroxylation is 1. The van der Waals surface area contributed by atoms with Gasteiger partial charge in [-0.2, -0.15) is 4.99 Å². The topological polar surface area (TPSA) is 116 Å². The molecule has 7 heteroatoms. The van der Waals surface area contributed by atoms with Crippen LogP contribution in [0.4, 0.5) is 5.82 Å². The van der Waals surface area contributed by atoms with Gasteiger partial charge < -0.3 is 21.5 Å². The first kappa shape index (κ1) is 19.8. The summed E-state index contributed by atoms with van der Waals surface area (Å²) in [7, 11) is 1.62. The van der Waals surface area contributed by atoms with E-state index in [2.05, 4.69) is 15.3 Å². The van der Waals surface area contributed by atoms with Crippen molar-refractivity contribution in [3.63, 3.8) is 0 Å². The molecular formula is C19H27N5O2.